The summed E-state index contributed by atoms with van der Waals surface area (Å²) in [5.74, 6) is -1.49. The van der Waals surface area contributed by atoms with Crippen molar-refractivity contribution in [1.29, 1.82) is 0 Å². The van der Waals surface area contributed by atoms with Crippen LogP contribution in [0.4, 0.5) is 4.39 Å². The van der Waals surface area contributed by atoms with Gasteiger partial charge in [-0.25, -0.2) is 4.39 Å². The molecule has 3 rings (SSSR count). The van der Waals surface area contributed by atoms with Gasteiger partial charge in [0.25, 0.3) is 0 Å². The maximum atomic E-state index is 13.1. The van der Waals surface area contributed by atoms with Crippen LogP contribution in [0.15, 0.2) is 48.5 Å². The molecule has 6 heteroatoms. The van der Waals surface area contributed by atoms with E-state index in [4.69, 9.17) is 17.3 Å². The molecule has 0 aliphatic heterocycles. The standard InChI is InChI=1S/C22H24ClFN2O2/c23-18-5-3-4-17(13-18)22(10-1-2-11-22)21(28)26-14-16(20(25)27)12-15-6-8-19(24)9-7-15/h3-9,13,16H,1-2,10-12,14H2,(H2,25,27)(H,26,28). The Morgan fingerprint density at radius 2 is 1.82 bits per heavy atom. The highest BCUT2D eigenvalue weighted by Gasteiger charge is 2.42. The number of primary amides is 1. The Balaban J connectivity index is 1.72. The summed E-state index contributed by atoms with van der Waals surface area (Å²) in [7, 11) is 0. The molecule has 148 valence electrons. The Bertz CT molecular complexity index is 848. The van der Waals surface area contributed by atoms with Gasteiger partial charge in [0.15, 0.2) is 0 Å². The van der Waals surface area contributed by atoms with E-state index in [9.17, 15) is 14.0 Å². The van der Waals surface area contributed by atoms with Crippen LogP contribution in [0.3, 0.4) is 0 Å². The van der Waals surface area contributed by atoms with Crippen molar-refractivity contribution in [3.05, 3.63) is 70.5 Å². The Kier molecular flexibility index (Phi) is 6.35. The van der Waals surface area contributed by atoms with Crippen molar-refractivity contribution in [1.82, 2.24) is 5.32 Å². The lowest BCUT2D eigenvalue weighted by atomic mass is 9.78. The normalized spacial score (nSPS) is 16.5. The van der Waals surface area contributed by atoms with E-state index in [1.165, 1.54) is 12.1 Å². The average molecular weight is 403 g/mol. The summed E-state index contributed by atoms with van der Waals surface area (Å²) >= 11 is 6.14. The Morgan fingerprint density at radius 3 is 2.43 bits per heavy atom. The molecule has 0 heterocycles. The maximum absolute atomic E-state index is 13.1. The van der Waals surface area contributed by atoms with Gasteiger partial charge in [0.05, 0.1) is 11.3 Å². The molecule has 1 saturated carbocycles. The van der Waals surface area contributed by atoms with Crippen molar-refractivity contribution in [3.63, 3.8) is 0 Å². The lowest BCUT2D eigenvalue weighted by Crippen LogP contribution is -2.46. The summed E-state index contributed by atoms with van der Waals surface area (Å²) in [5, 5.41) is 3.54. The van der Waals surface area contributed by atoms with Crippen molar-refractivity contribution in [2.75, 3.05) is 6.54 Å². The zero-order valence-electron chi connectivity index (χ0n) is 15.6. The molecule has 1 fully saturated rings. The summed E-state index contributed by atoms with van der Waals surface area (Å²) in [6.07, 6.45) is 3.78. The molecule has 4 nitrogen and oxygen atoms in total. The van der Waals surface area contributed by atoms with E-state index in [2.05, 4.69) is 5.32 Å². The molecule has 1 aliphatic rings. The second kappa shape index (κ2) is 8.74. The number of halogens is 2. The molecule has 2 amide bonds. The van der Waals surface area contributed by atoms with E-state index in [1.54, 1.807) is 18.2 Å². The minimum absolute atomic E-state index is 0.0994. The molecule has 0 spiro atoms. The predicted molar refractivity (Wildman–Crippen MR) is 107 cm³/mol. The van der Waals surface area contributed by atoms with Crippen LogP contribution in [-0.4, -0.2) is 18.4 Å². The fourth-order valence-electron chi connectivity index (χ4n) is 3.97. The molecule has 1 atom stereocenters. The number of nitrogens with one attached hydrogen (secondary N) is 1. The van der Waals surface area contributed by atoms with Gasteiger partial charge in [-0.2, -0.15) is 0 Å². The van der Waals surface area contributed by atoms with Gasteiger partial charge in [-0.15, -0.1) is 0 Å². The van der Waals surface area contributed by atoms with Crippen LogP contribution >= 0.6 is 11.6 Å². The highest BCUT2D eigenvalue weighted by molar-refractivity contribution is 6.30. The molecule has 2 aromatic carbocycles. The van der Waals surface area contributed by atoms with Gasteiger partial charge in [-0.05, 0) is 54.7 Å². The van der Waals surface area contributed by atoms with Crippen molar-refractivity contribution in [2.45, 2.75) is 37.5 Å². The van der Waals surface area contributed by atoms with Crippen LogP contribution in [0.25, 0.3) is 0 Å². The summed E-state index contributed by atoms with van der Waals surface area (Å²) in [4.78, 5) is 25.0. The maximum Gasteiger partial charge on any atom is 0.230 e. The molecule has 0 radical (unpaired) electrons. The summed E-state index contributed by atoms with van der Waals surface area (Å²) < 4.78 is 13.1. The van der Waals surface area contributed by atoms with Gasteiger partial charge in [0, 0.05) is 11.6 Å². The number of hydrogen-bond acceptors (Lipinski definition) is 2. The smallest absolute Gasteiger partial charge is 0.230 e. The number of carbonyl (C=O) groups excluding carboxylic acids is 2. The van der Waals surface area contributed by atoms with E-state index >= 15 is 0 Å². The average Bonchev–Trinajstić information content (AvgIpc) is 3.17. The van der Waals surface area contributed by atoms with E-state index in [-0.39, 0.29) is 18.3 Å². The number of hydrogen-bond donors (Lipinski definition) is 2. The second-order valence-corrected chi connectivity index (χ2v) is 7.88. The molecular formula is C22H24ClFN2O2. The summed E-state index contributed by atoms with van der Waals surface area (Å²) in [6.45, 7) is 0.147. The zero-order chi connectivity index (χ0) is 20.1. The van der Waals surface area contributed by atoms with Gasteiger partial charge in [0.2, 0.25) is 11.8 Å². The Labute approximate surface area is 169 Å². The molecule has 0 bridgehead atoms. The minimum atomic E-state index is -0.622. The quantitative estimate of drug-likeness (QED) is 0.740. The molecule has 3 N–H and O–H groups in total. The van der Waals surface area contributed by atoms with Crippen LogP contribution in [0, 0.1) is 11.7 Å². The summed E-state index contributed by atoms with van der Waals surface area (Å²) in [5.41, 5.74) is 6.62. The van der Waals surface area contributed by atoms with Crippen molar-refractivity contribution < 1.29 is 14.0 Å². The molecule has 1 unspecified atom stereocenters. The summed E-state index contributed by atoms with van der Waals surface area (Å²) in [6, 6.07) is 13.4. The van der Waals surface area contributed by atoms with Gasteiger partial charge in [-0.3, -0.25) is 9.59 Å². The number of nitrogens with two attached hydrogens (primary N) is 1. The monoisotopic (exact) mass is 402 g/mol. The van der Waals surface area contributed by atoms with E-state index < -0.39 is 17.2 Å². The first-order valence-electron chi connectivity index (χ1n) is 9.49. The van der Waals surface area contributed by atoms with Crippen LogP contribution in [0.5, 0.6) is 0 Å². The third-order valence-electron chi connectivity index (χ3n) is 5.58. The van der Waals surface area contributed by atoms with E-state index in [0.717, 1.165) is 36.8 Å². The number of benzene rings is 2. The third kappa shape index (κ3) is 4.53. The fourth-order valence-corrected chi connectivity index (χ4v) is 4.17. The molecule has 2 aromatic rings. The van der Waals surface area contributed by atoms with E-state index in [1.807, 2.05) is 18.2 Å². The minimum Gasteiger partial charge on any atom is -0.369 e. The van der Waals surface area contributed by atoms with E-state index in [0.29, 0.717) is 11.4 Å². The molecular weight excluding hydrogens is 379 g/mol. The van der Waals surface area contributed by atoms with Crippen LogP contribution in [0.2, 0.25) is 5.02 Å². The lowest BCUT2D eigenvalue weighted by molar-refractivity contribution is -0.127. The van der Waals surface area contributed by atoms with Crippen LogP contribution in [0.1, 0.15) is 36.8 Å². The largest absolute Gasteiger partial charge is 0.369 e. The molecule has 1 aliphatic carbocycles. The number of carbonyl (C=O) groups is 2. The van der Waals surface area contributed by atoms with Crippen LogP contribution in [-0.2, 0) is 21.4 Å². The van der Waals surface area contributed by atoms with Gasteiger partial charge in [-0.1, -0.05) is 48.7 Å². The SMILES string of the molecule is NC(=O)C(CNC(=O)C1(c2cccc(Cl)c2)CCCC1)Cc1ccc(F)cc1. The van der Waals surface area contributed by atoms with Crippen molar-refractivity contribution in [3.8, 4) is 0 Å². The predicted octanol–water partition coefficient (Wildman–Crippen LogP) is 3.75. The molecule has 0 saturated heterocycles. The second-order valence-electron chi connectivity index (χ2n) is 7.44. The molecule has 0 aromatic heterocycles. The topological polar surface area (TPSA) is 72.2 Å². The van der Waals surface area contributed by atoms with Gasteiger partial charge in [0.1, 0.15) is 5.82 Å². The third-order valence-corrected chi connectivity index (χ3v) is 5.81. The van der Waals surface area contributed by atoms with Crippen molar-refractivity contribution in [2.24, 2.45) is 11.7 Å². The first-order valence-corrected chi connectivity index (χ1v) is 9.86. The zero-order valence-corrected chi connectivity index (χ0v) is 16.3. The highest BCUT2D eigenvalue weighted by atomic mass is 35.5. The van der Waals surface area contributed by atoms with Gasteiger partial charge >= 0.3 is 0 Å². The highest BCUT2D eigenvalue weighted by Crippen LogP contribution is 2.42. The molecule has 28 heavy (non-hydrogen) atoms. The van der Waals surface area contributed by atoms with Gasteiger partial charge < -0.3 is 11.1 Å². The first-order chi connectivity index (χ1) is 13.4. The van der Waals surface area contributed by atoms with Crippen molar-refractivity contribution >= 4 is 23.4 Å². The fraction of sp³-hybridized carbons (Fsp3) is 0.364. The number of amides is 2. The lowest BCUT2D eigenvalue weighted by Gasteiger charge is -2.29. The van der Waals surface area contributed by atoms with Crippen LogP contribution < -0.4 is 11.1 Å². The Morgan fingerprint density at radius 1 is 1.14 bits per heavy atom. The first kappa shape index (κ1) is 20.3. The Hall–Kier alpha value is -2.40. The number of rotatable bonds is 7.